The second-order valence-electron chi connectivity index (χ2n) is 6.97. The second kappa shape index (κ2) is 9.31. The van der Waals surface area contributed by atoms with Crippen molar-refractivity contribution in [2.45, 2.75) is 32.0 Å². The Morgan fingerprint density at radius 3 is 2.74 bits per heavy atom. The Labute approximate surface area is 164 Å². The number of piperidine rings is 1. The van der Waals surface area contributed by atoms with Crippen molar-refractivity contribution < 1.29 is 9.18 Å². The van der Waals surface area contributed by atoms with Crippen LogP contribution < -0.4 is 10.6 Å². The van der Waals surface area contributed by atoms with Crippen LogP contribution in [0.1, 0.15) is 34.3 Å². The summed E-state index contributed by atoms with van der Waals surface area (Å²) in [5.41, 5.74) is 2.78. The fourth-order valence-corrected chi connectivity index (χ4v) is 3.66. The Morgan fingerprint density at radius 1 is 1.26 bits per heavy atom. The third-order valence-electron chi connectivity index (χ3n) is 4.95. The maximum atomic E-state index is 13.2. The Kier molecular flexibility index (Phi) is 6.83. The van der Waals surface area contributed by atoms with Gasteiger partial charge in [-0.1, -0.05) is 29.8 Å². The molecule has 1 unspecified atom stereocenters. The van der Waals surface area contributed by atoms with Crippen LogP contribution in [0.5, 0.6) is 0 Å². The van der Waals surface area contributed by atoms with Gasteiger partial charge in [-0.2, -0.15) is 0 Å². The van der Waals surface area contributed by atoms with E-state index in [0.717, 1.165) is 50.1 Å². The van der Waals surface area contributed by atoms with E-state index >= 15 is 0 Å². The fraction of sp³-hybridized carbons (Fsp3) is 0.381. The molecule has 0 bridgehead atoms. The Morgan fingerprint density at radius 2 is 2.04 bits per heavy atom. The van der Waals surface area contributed by atoms with Gasteiger partial charge in [-0.3, -0.25) is 9.69 Å². The van der Waals surface area contributed by atoms with Crippen molar-refractivity contribution in [1.82, 2.24) is 15.5 Å². The van der Waals surface area contributed by atoms with Crippen LogP contribution >= 0.6 is 11.6 Å². The lowest BCUT2D eigenvalue weighted by Gasteiger charge is -2.33. The standard InChI is InChI=1S/C21H25ClFN3O/c1-24-21(27)16-6-4-15(5-7-16)12-25-19-3-2-10-26(14-19)13-17-8-9-18(23)11-20(17)22/h4-9,11,19,25H,2-3,10,12-14H2,1H3,(H,24,27). The van der Waals surface area contributed by atoms with Crippen LogP contribution in [0, 0.1) is 5.82 Å². The molecule has 2 aromatic carbocycles. The molecule has 1 amide bonds. The van der Waals surface area contributed by atoms with Crippen LogP contribution in [-0.2, 0) is 13.1 Å². The Bertz CT molecular complexity index is 781. The number of amides is 1. The van der Waals surface area contributed by atoms with E-state index in [9.17, 15) is 9.18 Å². The molecule has 2 aromatic rings. The third kappa shape index (κ3) is 5.51. The average molecular weight is 390 g/mol. The second-order valence-corrected chi connectivity index (χ2v) is 7.37. The molecule has 3 rings (SSSR count). The van der Waals surface area contributed by atoms with E-state index in [1.807, 2.05) is 24.3 Å². The topological polar surface area (TPSA) is 44.4 Å². The van der Waals surface area contributed by atoms with E-state index in [-0.39, 0.29) is 11.7 Å². The van der Waals surface area contributed by atoms with Gasteiger partial charge in [0.25, 0.3) is 5.91 Å². The van der Waals surface area contributed by atoms with Gasteiger partial charge in [0.1, 0.15) is 5.82 Å². The predicted molar refractivity (Wildman–Crippen MR) is 106 cm³/mol. The minimum Gasteiger partial charge on any atom is -0.355 e. The maximum absolute atomic E-state index is 13.2. The summed E-state index contributed by atoms with van der Waals surface area (Å²) in [4.78, 5) is 14.0. The maximum Gasteiger partial charge on any atom is 0.251 e. The van der Waals surface area contributed by atoms with E-state index < -0.39 is 0 Å². The van der Waals surface area contributed by atoms with Crippen molar-refractivity contribution in [2.24, 2.45) is 0 Å². The Hall–Kier alpha value is -1.95. The fourth-order valence-electron chi connectivity index (χ4n) is 3.44. The normalized spacial score (nSPS) is 17.7. The van der Waals surface area contributed by atoms with Gasteiger partial charge in [-0.15, -0.1) is 0 Å². The van der Waals surface area contributed by atoms with Gasteiger partial charge in [-0.25, -0.2) is 4.39 Å². The summed E-state index contributed by atoms with van der Waals surface area (Å²) >= 11 is 6.16. The average Bonchev–Trinajstić information content (AvgIpc) is 2.69. The van der Waals surface area contributed by atoms with E-state index in [0.29, 0.717) is 16.6 Å². The largest absolute Gasteiger partial charge is 0.355 e. The molecule has 2 N–H and O–H groups in total. The number of benzene rings is 2. The first-order valence-electron chi connectivity index (χ1n) is 9.26. The molecule has 0 spiro atoms. The number of nitrogens with zero attached hydrogens (tertiary/aromatic N) is 1. The summed E-state index contributed by atoms with van der Waals surface area (Å²) < 4.78 is 13.2. The summed E-state index contributed by atoms with van der Waals surface area (Å²) in [5, 5.41) is 6.72. The monoisotopic (exact) mass is 389 g/mol. The zero-order chi connectivity index (χ0) is 19.2. The van der Waals surface area contributed by atoms with Crippen molar-refractivity contribution >= 4 is 17.5 Å². The van der Waals surface area contributed by atoms with E-state index in [1.54, 1.807) is 13.1 Å². The van der Waals surface area contributed by atoms with Crippen molar-refractivity contribution in [3.05, 3.63) is 70.0 Å². The molecule has 0 saturated carbocycles. The van der Waals surface area contributed by atoms with E-state index in [2.05, 4.69) is 15.5 Å². The van der Waals surface area contributed by atoms with E-state index in [1.165, 1.54) is 12.1 Å². The lowest BCUT2D eigenvalue weighted by molar-refractivity contribution is 0.0963. The summed E-state index contributed by atoms with van der Waals surface area (Å²) in [6.07, 6.45) is 2.25. The first kappa shape index (κ1) is 19.8. The number of hydrogen-bond donors (Lipinski definition) is 2. The van der Waals surface area contributed by atoms with Crippen molar-refractivity contribution in [1.29, 1.82) is 0 Å². The highest BCUT2D eigenvalue weighted by Crippen LogP contribution is 2.21. The van der Waals surface area contributed by atoms with Gasteiger partial charge < -0.3 is 10.6 Å². The number of likely N-dealkylation sites (tertiary alicyclic amines) is 1. The molecule has 1 heterocycles. The molecule has 27 heavy (non-hydrogen) atoms. The number of nitrogens with one attached hydrogen (secondary N) is 2. The van der Waals surface area contributed by atoms with Crippen LogP contribution in [0.2, 0.25) is 5.02 Å². The third-order valence-corrected chi connectivity index (χ3v) is 5.30. The first-order chi connectivity index (χ1) is 13.0. The van der Waals surface area contributed by atoms with Crippen LogP contribution in [0.3, 0.4) is 0 Å². The molecule has 0 radical (unpaired) electrons. The van der Waals surface area contributed by atoms with Gasteiger partial charge >= 0.3 is 0 Å². The highest BCUT2D eigenvalue weighted by Gasteiger charge is 2.20. The number of carbonyl (C=O) groups is 1. The molecule has 0 aliphatic carbocycles. The molecule has 144 valence electrons. The molecule has 4 nitrogen and oxygen atoms in total. The molecule has 0 aromatic heterocycles. The van der Waals surface area contributed by atoms with E-state index in [4.69, 9.17) is 11.6 Å². The number of carbonyl (C=O) groups excluding carboxylic acids is 1. The van der Waals surface area contributed by atoms with Crippen molar-refractivity contribution in [3.63, 3.8) is 0 Å². The summed E-state index contributed by atoms with van der Waals surface area (Å²) in [5.74, 6) is -0.374. The molecular weight excluding hydrogens is 365 g/mol. The van der Waals surface area contributed by atoms with Gasteiger partial charge in [0, 0.05) is 43.3 Å². The lowest BCUT2D eigenvalue weighted by Crippen LogP contribution is -2.45. The van der Waals surface area contributed by atoms with Crippen LogP contribution in [0.25, 0.3) is 0 Å². The highest BCUT2D eigenvalue weighted by atomic mass is 35.5. The van der Waals surface area contributed by atoms with Gasteiger partial charge in [0.05, 0.1) is 0 Å². The number of halogens is 2. The number of rotatable bonds is 6. The molecule has 1 atom stereocenters. The smallest absolute Gasteiger partial charge is 0.251 e. The minimum absolute atomic E-state index is 0.0723. The quantitative estimate of drug-likeness (QED) is 0.793. The SMILES string of the molecule is CNC(=O)c1ccc(CNC2CCCN(Cc3ccc(F)cc3Cl)C2)cc1. The predicted octanol–water partition coefficient (Wildman–Crippen LogP) is 3.59. The molecule has 6 heteroatoms. The minimum atomic E-state index is -0.302. The molecule has 1 fully saturated rings. The van der Waals surface area contributed by atoms with Crippen LogP contribution in [-0.4, -0.2) is 37.0 Å². The molecule has 1 aliphatic rings. The molecule has 1 aliphatic heterocycles. The molecule has 1 saturated heterocycles. The summed E-state index contributed by atoms with van der Waals surface area (Å²) in [7, 11) is 1.63. The van der Waals surface area contributed by atoms with Gasteiger partial charge in [-0.05, 0) is 54.8 Å². The summed E-state index contributed by atoms with van der Waals surface area (Å²) in [6.45, 7) is 3.46. The van der Waals surface area contributed by atoms with Crippen molar-refractivity contribution in [3.8, 4) is 0 Å². The number of hydrogen-bond acceptors (Lipinski definition) is 3. The first-order valence-corrected chi connectivity index (χ1v) is 9.63. The zero-order valence-corrected chi connectivity index (χ0v) is 16.2. The zero-order valence-electron chi connectivity index (χ0n) is 15.5. The molecular formula is C21H25ClFN3O. The van der Waals surface area contributed by atoms with Crippen LogP contribution in [0.4, 0.5) is 4.39 Å². The highest BCUT2D eigenvalue weighted by molar-refractivity contribution is 6.31. The lowest BCUT2D eigenvalue weighted by atomic mass is 10.0. The van der Waals surface area contributed by atoms with Crippen molar-refractivity contribution in [2.75, 3.05) is 20.1 Å². The van der Waals surface area contributed by atoms with Crippen LogP contribution in [0.15, 0.2) is 42.5 Å². The Balaban J connectivity index is 1.51. The van der Waals surface area contributed by atoms with Gasteiger partial charge in [0.2, 0.25) is 0 Å². The summed E-state index contributed by atoms with van der Waals surface area (Å²) in [6, 6.07) is 12.7. The van der Waals surface area contributed by atoms with Gasteiger partial charge in [0.15, 0.2) is 0 Å².